The highest BCUT2D eigenvalue weighted by atomic mass is 16.5. The van der Waals surface area contributed by atoms with Crippen molar-refractivity contribution in [3.63, 3.8) is 0 Å². The van der Waals surface area contributed by atoms with Gasteiger partial charge in [-0.05, 0) is 25.0 Å². The van der Waals surface area contributed by atoms with Gasteiger partial charge >= 0.3 is 0 Å². The van der Waals surface area contributed by atoms with E-state index in [9.17, 15) is 0 Å². The van der Waals surface area contributed by atoms with Crippen LogP contribution in [0.15, 0.2) is 12.3 Å². The third kappa shape index (κ3) is 3.38. The lowest BCUT2D eigenvalue weighted by Gasteiger charge is -2.19. The Labute approximate surface area is 97.2 Å². The summed E-state index contributed by atoms with van der Waals surface area (Å²) in [6.07, 6.45) is 3.92. The minimum atomic E-state index is 0.270. The number of rotatable bonds is 6. The molecular formula is C12H21N3O. The van der Waals surface area contributed by atoms with E-state index in [1.165, 1.54) is 0 Å². The topological polar surface area (TPSA) is 60.2 Å². The van der Waals surface area contributed by atoms with Gasteiger partial charge in [-0.25, -0.2) is 4.98 Å². The molecule has 0 saturated carbocycles. The molecule has 0 saturated heterocycles. The predicted molar refractivity (Wildman–Crippen MR) is 67.6 cm³/mol. The molecule has 0 aliphatic heterocycles. The van der Waals surface area contributed by atoms with Crippen molar-refractivity contribution < 1.29 is 4.74 Å². The van der Waals surface area contributed by atoms with Crippen LogP contribution < -0.4 is 11.1 Å². The molecular weight excluding hydrogens is 202 g/mol. The molecule has 4 heteroatoms. The van der Waals surface area contributed by atoms with Gasteiger partial charge in [-0.15, -0.1) is 0 Å². The average Bonchev–Trinajstić information content (AvgIpc) is 2.25. The van der Waals surface area contributed by atoms with Crippen LogP contribution in [0, 0.1) is 6.92 Å². The summed E-state index contributed by atoms with van der Waals surface area (Å²) in [5.74, 6) is 0.760. The van der Waals surface area contributed by atoms with Crippen LogP contribution in [0.4, 0.5) is 11.5 Å². The average molecular weight is 223 g/mol. The molecule has 1 rings (SSSR count). The molecule has 1 atom stereocenters. The van der Waals surface area contributed by atoms with E-state index < -0.39 is 0 Å². The molecule has 0 aromatic carbocycles. The lowest BCUT2D eigenvalue weighted by Crippen LogP contribution is -2.25. The van der Waals surface area contributed by atoms with Crippen LogP contribution in [0.5, 0.6) is 0 Å². The third-order valence-corrected chi connectivity index (χ3v) is 2.55. The molecule has 1 aromatic heterocycles. The van der Waals surface area contributed by atoms with E-state index in [1.807, 2.05) is 13.0 Å². The number of aromatic nitrogens is 1. The van der Waals surface area contributed by atoms with Crippen LogP contribution in [0.1, 0.15) is 25.3 Å². The number of hydrogen-bond donors (Lipinski definition) is 2. The van der Waals surface area contributed by atoms with Gasteiger partial charge in [0, 0.05) is 13.3 Å². The fraction of sp³-hybridized carbons (Fsp3) is 0.583. The molecule has 1 heterocycles. The zero-order valence-corrected chi connectivity index (χ0v) is 10.3. The number of pyridine rings is 1. The van der Waals surface area contributed by atoms with Gasteiger partial charge in [-0.1, -0.05) is 13.3 Å². The third-order valence-electron chi connectivity index (χ3n) is 2.55. The summed E-state index contributed by atoms with van der Waals surface area (Å²) in [4.78, 5) is 4.25. The summed E-state index contributed by atoms with van der Waals surface area (Å²) in [7, 11) is 1.71. The number of nitrogen functional groups attached to an aromatic ring is 1. The molecule has 0 bridgehead atoms. The second kappa shape index (κ2) is 6.33. The fourth-order valence-corrected chi connectivity index (χ4v) is 1.62. The highest BCUT2D eigenvalue weighted by molar-refractivity contribution is 5.65. The number of methoxy groups -OCH3 is 1. The number of ether oxygens (including phenoxy) is 1. The number of nitrogens with zero attached hydrogens (tertiary/aromatic N) is 1. The summed E-state index contributed by atoms with van der Waals surface area (Å²) in [5.41, 5.74) is 7.73. The van der Waals surface area contributed by atoms with Crippen LogP contribution in [-0.2, 0) is 4.74 Å². The Bertz CT molecular complexity index is 322. The monoisotopic (exact) mass is 223 g/mol. The second-order valence-corrected chi connectivity index (χ2v) is 3.98. The zero-order valence-electron chi connectivity index (χ0n) is 10.3. The maximum absolute atomic E-state index is 5.96. The van der Waals surface area contributed by atoms with Gasteiger partial charge in [0.25, 0.3) is 0 Å². The molecule has 0 spiro atoms. The Morgan fingerprint density at radius 3 is 2.94 bits per heavy atom. The highest BCUT2D eigenvalue weighted by Gasteiger charge is 2.10. The highest BCUT2D eigenvalue weighted by Crippen LogP contribution is 2.20. The molecule has 3 N–H and O–H groups in total. The van der Waals surface area contributed by atoms with Gasteiger partial charge in [-0.2, -0.15) is 0 Å². The van der Waals surface area contributed by atoms with Gasteiger partial charge in [-0.3, -0.25) is 0 Å². The van der Waals surface area contributed by atoms with Crippen molar-refractivity contribution in [2.45, 2.75) is 32.7 Å². The summed E-state index contributed by atoms with van der Waals surface area (Å²) < 4.78 is 5.17. The van der Waals surface area contributed by atoms with Crippen molar-refractivity contribution in [2.75, 3.05) is 24.8 Å². The number of aryl methyl sites for hydroxylation is 1. The maximum Gasteiger partial charge on any atom is 0.149 e. The lowest BCUT2D eigenvalue weighted by atomic mass is 10.1. The fourth-order valence-electron chi connectivity index (χ4n) is 1.62. The largest absolute Gasteiger partial charge is 0.396 e. The standard InChI is InChI=1S/C12H21N3O/c1-4-5-10(8-16-3)15-12-11(13)9(2)6-7-14-12/h6-7,10H,4-5,8,13H2,1-3H3,(H,14,15). The van der Waals surface area contributed by atoms with E-state index in [0.29, 0.717) is 6.61 Å². The molecule has 0 fully saturated rings. The van der Waals surface area contributed by atoms with Crippen molar-refractivity contribution in [3.05, 3.63) is 17.8 Å². The summed E-state index contributed by atoms with van der Waals surface area (Å²) in [6.45, 7) is 4.80. The van der Waals surface area contributed by atoms with Crippen molar-refractivity contribution in [3.8, 4) is 0 Å². The maximum atomic E-state index is 5.96. The first-order valence-electron chi connectivity index (χ1n) is 5.65. The van der Waals surface area contributed by atoms with Crippen LogP contribution in [-0.4, -0.2) is 24.7 Å². The SMILES string of the molecule is CCCC(COC)Nc1nccc(C)c1N. The van der Waals surface area contributed by atoms with Crippen molar-refractivity contribution in [1.29, 1.82) is 0 Å². The number of nitrogens with two attached hydrogens (primary N) is 1. The van der Waals surface area contributed by atoms with Crippen molar-refractivity contribution in [2.24, 2.45) is 0 Å². The lowest BCUT2D eigenvalue weighted by molar-refractivity contribution is 0.182. The van der Waals surface area contributed by atoms with E-state index in [2.05, 4.69) is 17.2 Å². The van der Waals surface area contributed by atoms with Crippen LogP contribution in [0.2, 0.25) is 0 Å². The van der Waals surface area contributed by atoms with Gasteiger partial charge in [0.05, 0.1) is 18.3 Å². The molecule has 0 aliphatic carbocycles. The van der Waals surface area contributed by atoms with E-state index in [-0.39, 0.29) is 6.04 Å². The molecule has 4 nitrogen and oxygen atoms in total. The Kier molecular flexibility index (Phi) is 5.05. The van der Waals surface area contributed by atoms with E-state index in [1.54, 1.807) is 13.3 Å². The molecule has 0 amide bonds. The first-order chi connectivity index (χ1) is 7.69. The minimum absolute atomic E-state index is 0.270. The van der Waals surface area contributed by atoms with Gasteiger partial charge in [0.1, 0.15) is 5.82 Å². The molecule has 0 aliphatic rings. The predicted octanol–water partition coefficient (Wildman–Crippen LogP) is 2.20. The first-order valence-corrected chi connectivity index (χ1v) is 5.65. The van der Waals surface area contributed by atoms with Gasteiger partial charge < -0.3 is 15.8 Å². The number of anilines is 2. The molecule has 90 valence electrons. The van der Waals surface area contributed by atoms with E-state index in [4.69, 9.17) is 10.5 Å². The number of hydrogen-bond acceptors (Lipinski definition) is 4. The van der Waals surface area contributed by atoms with Crippen LogP contribution in [0.3, 0.4) is 0 Å². The summed E-state index contributed by atoms with van der Waals surface area (Å²) >= 11 is 0. The first kappa shape index (κ1) is 12.8. The van der Waals surface area contributed by atoms with Gasteiger partial charge in [0.15, 0.2) is 0 Å². The van der Waals surface area contributed by atoms with Crippen molar-refractivity contribution in [1.82, 2.24) is 4.98 Å². The molecule has 16 heavy (non-hydrogen) atoms. The molecule has 0 radical (unpaired) electrons. The van der Waals surface area contributed by atoms with E-state index >= 15 is 0 Å². The normalized spacial score (nSPS) is 12.4. The smallest absolute Gasteiger partial charge is 0.149 e. The Morgan fingerprint density at radius 2 is 2.31 bits per heavy atom. The van der Waals surface area contributed by atoms with E-state index in [0.717, 1.165) is 29.9 Å². The molecule has 1 unspecified atom stereocenters. The van der Waals surface area contributed by atoms with Gasteiger partial charge in [0.2, 0.25) is 0 Å². The Hall–Kier alpha value is -1.29. The Balaban J connectivity index is 2.72. The van der Waals surface area contributed by atoms with Crippen LogP contribution in [0.25, 0.3) is 0 Å². The Morgan fingerprint density at radius 1 is 1.56 bits per heavy atom. The van der Waals surface area contributed by atoms with Crippen LogP contribution >= 0.6 is 0 Å². The molecule has 1 aromatic rings. The number of nitrogens with one attached hydrogen (secondary N) is 1. The summed E-state index contributed by atoms with van der Waals surface area (Å²) in [6, 6.07) is 2.18. The van der Waals surface area contributed by atoms with Crippen molar-refractivity contribution >= 4 is 11.5 Å². The second-order valence-electron chi connectivity index (χ2n) is 3.98. The zero-order chi connectivity index (χ0) is 12.0. The minimum Gasteiger partial charge on any atom is -0.396 e. The summed E-state index contributed by atoms with van der Waals surface area (Å²) in [5, 5.41) is 3.33. The quantitative estimate of drug-likeness (QED) is 0.776.